The van der Waals surface area contributed by atoms with E-state index in [1.165, 1.54) is 41.5 Å². The molecule has 0 atom stereocenters. The van der Waals surface area contributed by atoms with E-state index >= 15 is 0 Å². The second-order valence-electron chi connectivity index (χ2n) is 6.42. The molecule has 11 heteroatoms. The highest BCUT2D eigenvalue weighted by Gasteiger charge is 2.22. The number of ether oxygens (including phenoxy) is 1. The van der Waals surface area contributed by atoms with Crippen molar-refractivity contribution in [2.45, 2.75) is 0 Å². The smallest absolute Gasteiger partial charge is 0.270 e. The lowest BCUT2D eigenvalue weighted by Crippen LogP contribution is -2.45. The fourth-order valence-corrected chi connectivity index (χ4v) is 2.91. The molecule has 0 bridgehead atoms. The number of nitro benzene ring substituents is 1. The van der Waals surface area contributed by atoms with Crippen LogP contribution < -0.4 is 5.32 Å². The van der Waals surface area contributed by atoms with Gasteiger partial charge in [-0.25, -0.2) is 0 Å². The molecule has 1 aromatic heterocycles. The van der Waals surface area contributed by atoms with Gasteiger partial charge in [0.2, 0.25) is 5.91 Å². The normalized spacial score (nSPS) is 14.3. The first-order valence-electron chi connectivity index (χ1n) is 9.07. The molecule has 1 fully saturated rings. The Bertz CT molecular complexity index is 850. The Morgan fingerprint density at radius 3 is 2.76 bits per heavy atom. The molecule has 0 spiro atoms. The third-order valence-corrected chi connectivity index (χ3v) is 4.42. The molecule has 1 aliphatic rings. The van der Waals surface area contributed by atoms with Gasteiger partial charge in [-0.15, -0.1) is 0 Å². The number of hydrogen-bond acceptors (Lipinski definition) is 8. The zero-order chi connectivity index (χ0) is 20.6. The number of non-ortho nitro benzene ring substituents is 1. The van der Waals surface area contributed by atoms with Crippen LogP contribution in [0.3, 0.4) is 0 Å². The van der Waals surface area contributed by atoms with Crippen LogP contribution in [0.4, 0.5) is 11.5 Å². The van der Waals surface area contributed by atoms with E-state index in [2.05, 4.69) is 19.9 Å². The molecular formula is C18H21N5O6. The highest BCUT2D eigenvalue weighted by atomic mass is 16.6. The molecule has 1 aromatic carbocycles. The standard InChI is InChI=1S/C18H21N5O6/c24-17(19-16-4-9-29-20-16)13-22(6-5-21-7-10-28-11-8-21)18(25)14-2-1-3-15(12-14)23(26)27/h1-4,9,12H,5-8,10-11,13H2,(H,19,20,24). The van der Waals surface area contributed by atoms with Gasteiger partial charge in [0.15, 0.2) is 5.82 Å². The predicted octanol–water partition coefficient (Wildman–Crippen LogP) is 0.996. The van der Waals surface area contributed by atoms with Gasteiger partial charge in [0, 0.05) is 49.9 Å². The number of nitrogens with zero attached hydrogens (tertiary/aromatic N) is 4. The van der Waals surface area contributed by atoms with Crippen LogP contribution in [0.15, 0.2) is 41.1 Å². The number of hydrogen-bond donors (Lipinski definition) is 1. The summed E-state index contributed by atoms with van der Waals surface area (Å²) in [6.45, 7) is 3.33. The van der Waals surface area contributed by atoms with E-state index in [-0.39, 0.29) is 30.2 Å². The number of carbonyl (C=O) groups is 2. The van der Waals surface area contributed by atoms with Gasteiger partial charge in [-0.2, -0.15) is 0 Å². The summed E-state index contributed by atoms with van der Waals surface area (Å²) in [5.74, 6) is -0.664. The van der Waals surface area contributed by atoms with Gasteiger partial charge >= 0.3 is 0 Å². The van der Waals surface area contributed by atoms with E-state index in [0.29, 0.717) is 19.8 Å². The molecule has 154 valence electrons. The van der Waals surface area contributed by atoms with Crippen LogP contribution in [0, 0.1) is 10.1 Å². The minimum Gasteiger partial charge on any atom is -0.379 e. The summed E-state index contributed by atoms with van der Waals surface area (Å²) >= 11 is 0. The van der Waals surface area contributed by atoms with Gasteiger partial charge in [-0.3, -0.25) is 24.6 Å². The van der Waals surface area contributed by atoms with Gasteiger partial charge in [0.1, 0.15) is 12.8 Å². The molecule has 2 aromatic rings. The quantitative estimate of drug-likeness (QED) is 0.510. The number of anilines is 1. The number of carbonyl (C=O) groups excluding carboxylic acids is 2. The van der Waals surface area contributed by atoms with Crippen molar-refractivity contribution in [1.29, 1.82) is 0 Å². The lowest BCUT2D eigenvalue weighted by molar-refractivity contribution is -0.384. The molecule has 0 unspecified atom stereocenters. The zero-order valence-corrected chi connectivity index (χ0v) is 15.7. The maximum absolute atomic E-state index is 13.0. The van der Waals surface area contributed by atoms with Crippen LogP contribution in [0.1, 0.15) is 10.4 Å². The van der Waals surface area contributed by atoms with Crippen LogP contribution in [-0.2, 0) is 9.53 Å². The number of amides is 2. The van der Waals surface area contributed by atoms with Gasteiger partial charge in [-0.1, -0.05) is 11.2 Å². The van der Waals surface area contributed by atoms with Crippen molar-refractivity contribution in [2.75, 3.05) is 51.3 Å². The van der Waals surface area contributed by atoms with Crippen molar-refractivity contribution in [1.82, 2.24) is 15.0 Å². The van der Waals surface area contributed by atoms with E-state index in [9.17, 15) is 19.7 Å². The lowest BCUT2D eigenvalue weighted by atomic mass is 10.1. The third-order valence-electron chi connectivity index (χ3n) is 4.42. The maximum Gasteiger partial charge on any atom is 0.270 e. The van der Waals surface area contributed by atoms with E-state index < -0.39 is 16.7 Å². The van der Waals surface area contributed by atoms with E-state index in [4.69, 9.17) is 4.74 Å². The maximum atomic E-state index is 13.0. The van der Waals surface area contributed by atoms with Crippen LogP contribution in [0.5, 0.6) is 0 Å². The molecule has 3 rings (SSSR count). The summed E-state index contributed by atoms with van der Waals surface area (Å²) in [6.07, 6.45) is 1.32. The van der Waals surface area contributed by atoms with Crippen molar-refractivity contribution in [3.63, 3.8) is 0 Å². The van der Waals surface area contributed by atoms with Gasteiger partial charge in [0.05, 0.1) is 18.1 Å². The van der Waals surface area contributed by atoms with E-state index in [0.717, 1.165) is 13.1 Å². The molecule has 11 nitrogen and oxygen atoms in total. The number of nitro groups is 1. The summed E-state index contributed by atoms with van der Waals surface area (Å²) in [4.78, 5) is 39.3. The minimum atomic E-state index is -0.563. The van der Waals surface area contributed by atoms with Crippen molar-refractivity contribution in [2.24, 2.45) is 0 Å². The van der Waals surface area contributed by atoms with E-state index in [1.54, 1.807) is 0 Å². The average Bonchev–Trinajstić information content (AvgIpc) is 3.24. The minimum absolute atomic E-state index is 0.149. The Kier molecular flexibility index (Phi) is 6.87. The fourth-order valence-electron chi connectivity index (χ4n) is 2.91. The van der Waals surface area contributed by atoms with Crippen molar-refractivity contribution in [3.8, 4) is 0 Å². The summed E-state index contributed by atoms with van der Waals surface area (Å²) in [5, 5.41) is 17.2. The molecule has 2 amide bonds. The number of rotatable bonds is 8. The summed E-state index contributed by atoms with van der Waals surface area (Å²) in [6, 6.07) is 6.94. The molecule has 29 heavy (non-hydrogen) atoms. The highest BCUT2D eigenvalue weighted by Crippen LogP contribution is 2.15. The first-order valence-corrected chi connectivity index (χ1v) is 9.07. The summed E-state index contributed by atoms with van der Waals surface area (Å²) in [5.41, 5.74) is -0.0357. The molecule has 0 aliphatic carbocycles. The fraction of sp³-hybridized carbons (Fsp3) is 0.389. The monoisotopic (exact) mass is 403 g/mol. The van der Waals surface area contributed by atoms with Crippen molar-refractivity contribution < 1.29 is 23.8 Å². The Morgan fingerprint density at radius 1 is 1.28 bits per heavy atom. The van der Waals surface area contributed by atoms with Crippen molar-refractivity contribution in [3.05, 3.63) is 52.3 Å². The van der Waals surface area contributed by atoms with Crippen LogP contribution >= 0.6 is 0 Å². The highest BCUT2D eigenvalue weighted by molar-refractivity contribution is 5.99. The topological polar surface area (TPSA) is 131 Å². The number of benzene rings is 1. The molecule has 0 saturated carbocycles. The van der Waals surface area contributed by atoms with Crippen molar-refractivity contribution >= 4 is 23.3 Å². The average molecular weight is 403 g/mol. The predicted molar refractivity (Wildman–Crippen MR) is 101 cm³/mol. The number of nitrogens with one attached hydrogen (secondary N) is 1. The summed E-state index contributed by atoms with van der Waals surface area (Å²) < 4.78 is 9.99. The Labute approximate surface area is 166 Å². The SMILES string of the molecule is O=C(CN(CCN1CCOCC1)C(=O)c1cccc([N+](=O)[O-])c1)Nc1ccon1. The van der Waals surface area contributed by atoms with Crippen LogP contribution in [-0.4, -0.2) is 77.6 Å². The zero-order valence-electron chi connectivity index (χ0n) is 15.7. The van der Waals surface area contributed by atoms with Gasteiger partial charge in [-0.05, 0) is 6.07 Å². The molecular weight excluding hydrogens is 382 g/mol. The first-order chi connectivity index (χ1) is 14.0. The van der Waals surface area contributed by atoms with Crippen LogP contribution in [0.25, 0.3) is 0 Å². The molecule has 2 heterocycles. The van der Waals surface area contributed by atoms with Crippen LogP contribution in [0.2, 0.25) is 0 Å². The Hall–Kier alpha value is -3.31. The molecule has 0 radical (unpaired) electrons. The Balaban J connectivity index is 1.71. The second-order valence-corrected chi connectivity index (χ2v) is 6.42. The third kappa shape index (κ3) is 5.83. The number of aromatic nitrogens is 1. The molecule has 1 aliphatic heterocycles. The van der Waals surface area contributed by atoms with Gasteiger partial charge in [0.25, 0.3) is 11.6 Å². The first kappa shape index (κ1) is 20.4. The largest absolute Gasteiger partial charge is 0.379 e. The summed E-state index contributed by atoms with van der Waals surface area (Å²) in [7, 11) is 0. The lowest BCUT2D eigenvalue weighted by Gasteiger charge is -2.29. The molecule has 1 N–H and O–H groups in total. The Morgan fingerprint density at radius 2 is 2.07 bits per heavy atom. The molecule has 1 saturated heterocycles. The van der Waals surface area contributed by atoms with E-state index in [1.807, 2.05) is 0 Å². The van der Waals surface area contributed by atoms with Gasteiger partial charge < -0.3 is 19.5 Å². The number of morpholine rings is 1. The second kappa shape index (κ2) is 9.75.